The first kappa shape index (κ1) is 17.9. The molecular weight excluding hydrogens is 296 g/mol. The molecule has 2 unspecified atom stereocenters. The van der Waals surface area contributed by atoms with Crippen LogP contribution in [0.25, 0.3) is 0 Å². The molecule has 0 aromatic rings. The van der Waals surface area contributed by atoms with Crippen molar-refractivity contribution in [2.75, 3.05) is 0 Å². The molecule has 23 heavy (non-hydrogen) atoms. The molecule has 2 atom stereocenters. The predicted molar refractivity (Wildman–Crippen MR) is 85.6 cm³/mol. The van der Waals surface area contributed by atoms with Crippen molar-refractivity contribution in [3.63, 3.8) is 0 Å². The van der Waals surface area contributed by atoms with Crippen molar-refractivity contribution in [1.29, 1.82) is 0 Å². The van der Waals surface area contributed by atoms with Gasteiger partial charge >= 0.3 is 0 Å². The van der Waals surface area contributed by atoms with Crippen LogP contribution in [0.3, 0.4) is 0 Å². The second-order valence-corrected chi connectivity index (χ2v) is 6.85. The summed E-state index contributed by atoms with van der Waals surface area (Å²) < 4.78 is 5.86. The summed E-state index contributed by atoms with van der Waals surface area (Å²) in [6.45, 7) is 5.29. The lowest BCUT2D eigenvalue weighted by atomic mass is 10.1. The Bertz CT molecular complexity index is 456. The fourth-order valence-corrected chi connectivity index (χ4v) is 3.32. The maximum Gasteiger partial charge on any atom is 0.252 e. The van der Waals surface area contributed by atoms with Crippen molar-refractivity contribution in [2.45, 2.75) is 90.0 Å². The van der Waals surface area contributed by atoms with E-state index in [0.29, 0.717) is 0 Å². The van der Waals surface area contributed by atoms with Crippen LogP contribution in [0.2, 0.25) is 0 Å². The Morgan fingerprint density at radius 1 is 1.13 bits per heavy atom. The number of amides is 3. The third-order valence-corrected chi connectivity index (χ3v) is 4.58. The van der Waals surface area contributed by atoms with Crippen LogP contribution in [0.15, 0.2) is 0 Å². The second kappa shape index (κ2) is 7.90. The smallest absolute Gasteiger partial charge is 0.252 e. The molecule has 130 valence electrons. The third kappa shape index (κ3) is 4.53. The molecule has 3 amide bonds. The van der Waals surface area contributed by atoms with E-state index < -0.39 is 12.1 Å². The SMILES string of the molecule is CC(OC1CCCCCC1)C(=O)NC1CC(=O)N(C(C)C)C1=O. The third-order valence-electron chi connectivity index (χ3n) is 4.58. The van der Waals surface area contributed by atoms with Crippen LogP contribution in [0.5, 0.6) is 0 Å². The van der Waals surface area contributed by atoms with E-state index in [1.807, 2.05) is 0 Å². The van der Waals surface area contributed by atoms with Crippen molar-refractivity contribution in [3.05, 3.63) is 0 Å². The molecule has 6 heteroatoms. The molecule has 0 bridgehead atoms. The van der Waals surface area contributed by atoms with Crippen LogP contribution in [0, 0.1) is 0 Å². The van der Waals surface area contributed by atoms with Gasteiger partial charge in [0.05, 0.1) is 12.5 Å². The van der Waals surface area contributed by atoms with E-state index in [-0.39, 0.29) is 36.3 Å². The van der Waals surface area contributed by atoms with Gasteiger partial charge in [-0.25, -0.2) is 0 Å². The lowest BCUT2D eigenvalue weighted by Gasteiger charge is -2.22. The molecule has 6 nitrogen and oxygen atoms in total. The van der Waals surface area contributed by atoms with Crippen molar-refractivity contribution >= 4 is 17.7 Å². The molecule has 0 aromatic heterocycles. The van der Waals surface area contributed by atoms with Crippen molar-refractivity contribution in [1.82, 2.24) is 10.2 Å². The zero-order valence-corrected chi connectivity index (χ0v) is 14.3. The molecule has 2 fully saturated rings. The number of likely N-dealkylation sites (tertiary alicyclic amines) is 1. The largest absolute Gasteiger partial charge is 0.365 e. The van der Waals surface area contributed by atoms with Gasteiger partial charge in [0.25, 0.3) is 5.91 Å². The van der Waals surface area contributed by atoms with Gasteiger partial charge in [-0.3, -0.25) is 19.3 Å². The number of nitrogens with one attached hydrogen (secondary N) is 1. The zero-order chi connectivity index (χ0) is 17.0. The molecule has 1 N–H and O–H groups in total. The Morgan fingerprint density at radius 2 is 1.74 bits per heavy atom. The number of carbonyl (C=O) groups is 3. The highest BCUT2D eigenvalue weighted by Crippen LogP contribution is 2.21. The summed E-state index contributed by atoms with van der Waals surface area (Å²) in [6, 6.07) is -0.936. The number of hydrogen-bond acceptors (Lipinski definition) is 4. The lowest BCUT2D eigenvalue weighted by Crippen LogP contribution is -2.47. The Labute approximate surface area is 137 Å². The predicted octanol–water partition coefficient (Wildman–Crippen LogP) is 1.77. The molecule has 1 saturated carbocycles. The van der Waals surface area contributed by atoms with Crippen LogP contribution in [-0.2, 0) is 19.1 Å². The second-order valence-electron chi connectivity index (χ2n) is 6.85. The summed E-state index contributed by atoms with van der Waals surface area (Å²) in [5, 5.41) is 2.67. The topological polar surface area (TPSA) is 75.7 Å². The Kier molecular flexibility index (Phi) is 6.16. The zero-order valence-electron chi connectivity index (χ0n) is 14.3. The molecule has 1 aliphatic heterocycles. The van der Waals surface area contributed by atoms with Gasteiger partial charge in [-0.05, 0) is 33.6 Å². The van der Waals surface area contributed by atoms with E-state index in [1.54, 1.807) is 20.8 Å². The van der Waals surface area contributed by atoms with Gasteiger partial charge in [0.1, 0.15) is 12.1 Å². The van der Waals surface area contributed by atoms with Crippen LogP contribution >= 0.6 is 0 Å². The highest BCUT2D eigenvalue weighted by atomic mass is 16.5. The van der Waals surface area contributed by atoms with Gasteiger partial charge in [0, 0.05) is 6.04 Å². The summed E-state index contributed by atoms with van der Waals surface area (Å²) >= 11 is 0. The molecule has 1 aliphatic carbocycles. The summed E-state index contributed by atoms with van der Waals surface area (Å²) in [6.07, 6.45) is 6.25. The number of rotatable bonds is 5. The van der Waals surface area contributed by atoms with E-state index in [4.69, 9.17) is 4.74 Å². The first-order chi connectivity index (χ1) is 10.9. The first-order valence-electron chi connectivity index (χ1n) is 8.72. The van der Waals surface area contributed by atoms with E-state index in [2.05, 4.69) is 5.32 Å². The standard InChI is InChI=1S/C17H28N2O4/c1-11(2)19-15(20)10-14(17(19)22)18-16(21)12(3)23-13-8-6-4-5-7-9-13/h11-14H,4-10H2,1-3H3,(H,18,21). The van der Waals surface area contributed by atoms with Gasteiger partial charge in [-0.1, -0.05) is 25.7 Å². The molecular formula is C17H28N2O4. The summed E-state index contributed by atoms with van der Waals surface area (Å²) in [5.41, 5.74) is 0. The summed E-state index contributed by atoms with van der Waals surface area (Å²) in [5.74, 6) is -0.862. The van der Waals surface area contributed by atoms with E-state index in [1.165, 1.54) is 17.7 Å². The number of nitrogens with zero attached hydrogens (tertiary/aromatic N) is 1. The Hall–Kier alpha value is -1.43. The Morgan fingerprint density at radius 3 is 2.26 bits per heavy atom. The molecule has 1 saturated heterocycles. The highest BCUT2D eigenvalue weighted by molar-refractivity contribution is 6.07. The van der Waals surface area contributed by atoms with Crippen LogP contribution in [0.4, 0.5) is 0 Å². The fraction of sp³-hybridized carbons (Fsp3) is 0.824. The molecule has 2 rings (SSSR count). The van der Waals surface area contributed by atoms with Gasteiger partial charge in [-0.2, -0.15) is 0 Å². The number of ether oxygens (including phenoxy) is 1. The normalized spacial score (nSPS) is 24.9. The average molecular weight is 324 g/mol. The van der Waals surface area contributed by atoms with Crippen molar-refractivity contribution in [3.8, 4) is 0 Å². The van der Waals surface area contributed by atoms with Gasteiger partial charge in [0.15, 0.2) is 0 Å². The van der Waals surface area contributed by atoms with E-state index in [9.17, 15) is 14.4 Å². The summed E-state index contributed by atoms with van der Waals surface area (Å²) in [7, 11) is 0. The minimum Gasteiger partial charge on any atom is -0.365 e. The van der Waals surface area contributed by atoms with Crippen LogP contribution < -0.4 is 5.32 Å². The monoisotopic (exact) mass is 324 g/mol. The number of carbonyl (C=O) groups excluding carboxylic acids is 3. The maximum absolute atomic E-state index is 12.3. The molecule has 0 aromatic carbocycles. The molecule has 0 spiro atoms. The minimum absolute atomic E-state index is 0.0406. The van der Waals surface area contributed by atoms with Gasteiger partial charge in [0.2, 0.25) is 11.8 Å². The van der Waals surface area contributed by atoms with Gasteiger partial charge < -0.3 is 10.1 Å². The van der Waals surface area contributed by atoms with Crippen LogP contribution in [0.1, 0.15) is 65.7 Å². The Balaban J connectivity index is 1.86. The van der Waals surface area contributed by atoms with Crippen LogP contribution in [-0.4, -0.2) is 46.9 Å². The van der Waals surface area contributed by atoms with Crippen molar-refractivity contribution in [2.24, 2.45) is 0 Å². The minimum atomic E-state index is -0.752. The maximum atomic E-state index is 12.3. The van der Waals surface area contributed by atoms with Gasteiger partial charge in [-0.15, -0.1) is 0 Å². The molecule has 0 radical (unpaired) electrons. The quantitative estimate of drug-likeness (QED) is 0.618. The molecule has 2 aliphatic rings. The number of imide groups is 1. The average Bonchev–Trinajstić information content (AvgIpc) is 2.67. The first-order valence-corrected chi connectivity index (χ1v) is 8.72. The highest BCUT2D eigenvalue weighted by Gasteiger charge is 2.41. The lowest BCUT2D eigenvalue weighted by molar-refractivity contribution is -0.143. The number of hydrogen-bond donors (Lipinski definition) is 1. The van der Waals surface area contributed by atoms with E-state index >= 15 is 0 Å². The fourth-order valence-electron chi connectivity index (χ4n) is 3.32. The molecule has 1 heterocycles. The summed E-state index contributed by atoms with van der Waals surface area (Å²) in [4.78, 5) is 37.6. The van der Waals surface area contributed by atoms with Crippen molar-refractivity contribution < 1.29 is 19.1 Å². The van der Waals surface area contributed by atoms with E-state index in [0.717, 1.165) is 25.7 Å².